The number of para-hydroxylation sites is 1. The zero-order chi connectivity index (χ0) is 18.1. The molecular weight excluding hydrogens is 326 g/mol. The third-order valence-electron chi connectivity index (χ3n) is 4.99. The molecule has 4 nitrogen and oxygen atoms in total. The molecule has 26 heavy (non-hydrogen) atoms. The molecule has 0 aromatic heterocycles. The molecule has 1 heterocycles. The molecule has 2 aromatic carbocycles. The molecule has 0 unspecified atom stereocenters. The smallest absolute Gasteiger partial charge is 0.165 e. The largest absolute Gasteiger partial charge is 0.504 e. The van der Waals surface area contributed by atoms with E-state index >= 15 is 0 Å². The third kappa shape index (κ3) is 2.77. The molecular formula is C22H21NO3. The van der Waals surface area contributed by atoms with Crippen LogP contribution in [0.2, 0.25) is 0 Å². The van der Waals surface area contributed by atoms with Gasteiger partial charge in [-0.1, -0.05) is 18.2 Å². The molecule has 0 amide bonds. The third-order valence-corrected chi connectivity index (χ3v) is 4.99. The number of nitrogens with zero attached hydrogens (tertiary/aromatic N) is 1. The van der Waals surface area contributed by atoms with Gasteiger partial charge >= 0.3 is 0 Å². The maximum Gasteiger partial charge on any atom is 0.165 e. The first-order valence-electron chi connectivity index (χ1n) is 8.69. The number of fused-ring (bicyclic) bond motifs is 2. The van der Waals surface area contributed by atoms with Crippen LogP contribution in [0.5, 0.6) is 17.2 Å². The van der Waals surface area contributed by atoms with E-state index in [0.29, 0.717) is 5.75 Å². The molecule has 0 fully saturated rings. The van der Waals surface area contributed by atoms with Gasteiger partial charge in [0, 0.05) is 18.5 Å². The molecule has 1 aliphatic carbocycles. The van der Waals surface area contributed by atoms with Crippen molar-refractivity contribution in [3.05, 3.63) is 64.7 Å². The molecule has 1 N–H and O–H groups in total. The molecule has 4 heteroatoms. The first-order valence-corrected chi connectivity index (χ1v) is 8.69. The van der Waals surface area contributed by atoms with Crippen LogP contribution in [0.25, 0.3) is 11.6 Å². The van der Waals surface area contributed by atoms with Gasteiger partial charge in [0.05, 0.1) is 19.9 Å². The molecule has 1 aliphatic heterocycles. The van der Waals surface area contributed by atoms with Gasteiger partial charge in [-0.05, 0) is 59.0 Å². The van der Waals surface area contributed by atoms with E-state index in [1.807, 2.05) is 30.4 Å². The van der Waals surface area contributed by atoms with Gasteiger partial charge in [-0.25, -0.2) is 0 Å². The second kappa shape index (κ2) is 6.71. The average molecular weight is 347 g/mol. The predicted octanol–water partition coefficient (Wildman–Crippen LogP) is 4.28. The van der Waals surface area contributed by atoms with Crippen LogP contribution in [-0.4, -0.2) is 31.6 Å². The number of phenolic OH excluding ortho intramolecular Hbond substituents is 1. The lowest BCUT2D eigenvalue weighted by Crippen LogP contribution is -2.07. The summed E-state index contributed by atoms with van der Waals surface area (Å²) in [6, 6.07) is 11.8. The lowest BCUT2D eigenvalue weighted by atomic mass is 9.97. The maximum absolute atomic E-state index is 10.3. The second-order valence-electron chi connectivity index (χ2n) is 6.41. The molecule has 132 valence electrons. The Kier molecular flexibility index (Phi) is 4.25. The summed E-state index contributed by atoms with van der Waals surface area (Å²) < 4.78 is 10.5. The van der Waals surface area contributed by atoms with Crippen molar-refractivity contribution in [2.24, 2.45) is 4.99 Å². The van der Waals surface area contributed by atoms with Crippen molar-refractivity contribution >= 4 is 17.4 Å². The van der Waals surface area contributed by atoms with E-state index in [1.165, 1.54) is 22.3 Å². The van der Waals surface area contributed by atoms with Gasteiger partial charge in [0.15, 0.2) is 11.5 Å². The van der Waals surface area contributed by atoms with Gasteiger partial charge in [-0.3, -0.25) is 4.99 Å². The minimum atomic E-state index is 0.149. The first kappa shape index (κ1) is 16.5. The SMILES string of the molecule is COc1ccc2c(c1)CC1=C2CCN=C1C=Cc1cccc(OC)c1O. The Morgan fingerprint density at radius 3 is 2.73 bits per heavy atom. The molecule has 0 radical (unpaired) electrons. The topological polar surface area (TPSA) is 51.0 Å². The average Bonchev–Trinajstić information content (AvgIpc) is 3.05. The minimum absolute atomic E-state index is 0.149. The van der Waals surface area contributed by atoms with Crippen molar-refractivity contribution in [2.45, 2.75) is 12.8 Å². The van der Waals surface area contributed by atoms with Crippen LogP contribution in [0.3, 0.4) is 0 Å². The van der Waals surface area contributed by atoms with Crippen molar-refractivity contribution in [1.82, 2.24) is 0 Å². The zero-order valence-corrected chi connectivity index (χ0v) is 15.0. The highest BCUT2D eigenvalue weighted by atomic mass is 16.5. The number of methoxy groups -OCH3 is 2. The van der Waals surface area contributed by atoms with E-state index in [9.17, 15) is 5.11 Å². The lowest BCUT2D eigenvalue weighted by Gasteiger charge is -2.14. The maximum atomic E-state index is 10.3. The van der Waals surface area contributed by atoms with Crippen LogP contribution in [0.4, 0.5) is 0 Å². The number of hydrogen-bond acceptors (Lipinski definition) is 4. The standard InChI is InChI=1S/C22H21NO3/c1-25-16-7-8-17-15(12-16)13-19-18(17)10-11-23-20(19)9-6-14-4-3-5-21(26-2)22(14)24/h3-9,12,24H,10-11,13H2,1-2H3. The molecule has 0 saturated heterocycles. The summed E-state index contributed by atoms with van der Waals surface area (Å²) in [5.41, 5.74) is 6.97. The highest BCUT2D eigenvalue weighted by Crippen LogP contribution is 2.39. The summed E-state index contributed by atoms with van der Waals surface area (Å²) in [5, 5.41) is 10.3. The summed E-state index contributed by atoms with van der Waals surface area (Å²) >= 11 is 0. The summed E-state index contributed by atoms with van der Waals surface area (Å²) in [5.74, 6) is 1.51. The number of benzene rings is 2. The summed E-state index contributed by atoms with van der Waals surface area (Å²) in [6.45, 7) is 0.786. The quantitative estimate of drug-likeness (QED) is 0.898. The lowest BCUT2D eigenvalue weighted by molar-refractivity contribution is 0.373. The van der Waals surface area contributed by atoms with E-state index in [2.05, 4.69) is 12.1 Å². The Bertz CT molecular complexity index is 954. The number of phenols is 1. The van der Waals surface area contributed by atoms with Gasteiger partial charge in [0.25, 0.3) is 0 Å². The fourth-order valence-corrected chi connectivity index (χ4v) is 3.67. The van der Waals surface area contributed by atoms with Crippen LogP contribution in [0.15, 0.2) is 53.0 Å². The van der Waals surface area contributed by atoms with Crippen LogP contribution < -0.4 is 9.47 Å². The highest BCUT2D eigenvalue weighted by Gasteiger charge is 2.26. The number of aromatic hydroxyl groups is 1. The van der Waals surface area contributed by atoms with Crippen LogP contribution in [0, 0.1) is 0 Å². The van der Waals surface area contributed by atoms with Crippen LogP contribution in [0.1, 0.15) is 23.1 Å². The molecule has 2 aromatic rings. The van der Waals surface area contributed by atoms with Gasteiger partial charge in [-0.2, -0.15) is 0 Å². The van der Waals surface area contributed by atoms with E-state index in [-0.39, 0.29) is 5.75 Å². The number of ether oxygens (including phenoxy) is 2. The van der Waals surface area contributed by atoms with Crippen LogP contribution in [-0.2, 0) is 6.42 Å². The number of aliphatic imine (C=N–C) groups is 1. The van der Waals surface area contributed by atoms with Crippen molar-refractivity contribution < 1.29 is 14.6 Å². The number of hydrogen-bond donors (Lipinski definition) is 1. The molecule has 0 atom stereocenters. The predicted molar refractivity (Wildman–Crippen MR) is 104 cm³/mol. The first-order chi connectivity index (χ1) is 12.7. The summed E-state index contributed by atoms with van der Waals surface area (Å²) in [6.07, 6.45) is 5.73. The fourth-order valence-electron chi connectivity index (χ4n) is 3.67. The molecule has 4 rings (SSSR count). The van der Waals surface area contributed by atoms with E-state index in [1.54, 1.807) is 20.3 Å². The second-order valence-corrected chi connectivity index (χ2v) is 6.41. The zero-order valence-electron chi connectivity index (χ0n) is 15.0. The number of dihydropyridines is 1. The summed E-state index contributed by atoms with van der Waals surface area (Å²) in [7, 11) is 3.25. The Balaban J connectivity index is 1.64. The van der Waals surface area contributed by atoms with Crippen molar-refractivity contribution in [2.75, 3.05) is 20.8 Å². The minimum Gasteiger partial charge on any atom is -0.504 e. The molecule has 0 spiro atoms. The monoisotopic (exact) mass is 347 g/mol. The van der Waals surface area contributed by atoms with E-state index in [4.69, 9.17) is 14.5 Å². The van der Waals surface area contributed by atoms with Crippen molar-refractivity contribution in [1.29, 1.82) is 0 Å². The molecule has 2 aliphatic rings. The van der Waals surface area contributed by atoms with Crippen molar-refractivity contribution in [3.8, 4) is 17.2 Å². The van der Waals surface area contributed by atoms with Gasteiger partial charge in [0.1, 0.15) is 5.75 Å². The van der Waals surface area contributed by atoms with Gasteiger partial charge < -0.3 is 14.6 Å². The highest BCUT2D eigenvalue weighted by molar-refractivity contribution is 6.17. The fraction of sp³-hybridized carbons (Fsp3) is 0.227. The molecule has 0 saturated carbocycles. The Morgan fingerprint density at radius 2 is 1.92 bits per heavy atom. The normalized spacial score (nSPS) is 15.7. The van der Waals surface area contributed by atoms with E-state index < -0.39 is 0 Å². The number of allylic oxidation sites excluding steroid dienone is 2. The van der Waals surface area contributed by atoms with Gasteiger partial charge in [-0.15, -0.1) is 0 Å². The van der Waals surface area contributed by atoms with Crippen molar-refractivity contribution in [3.63, 3.8) is 0 Å². The Hall–Kier alpha value is -3.01. The Morgan fingerprint density at radius 1 is 1.04 bits per heavy atom. The van der Waals surface area contributed by atoms with E-state index in [0.717, 1.165) is 36.4 Å². The van der Waals surface area contributed by atoms with Crippen LogP contribution >= 0.6 is 0 Å². The summed E-state index contributed by atoms with van der Waals surface area (Å²) in [4.78, 5) is 4.71. The Labute approximate surface area is 153 Å². The molecule has 0 bridgehead atoms. The number of rotatable bonds is 4. The van der Waals surface area contributed by atoms with Gasteiger partial charge in [0.2, 0.25) is 0 Å².